The van der Waals surface area contributed by atoms with E-state index in [4.69, 9.17) is 10.2 Å². The number of aliphatic hydroxyl groups excluding tert-OH is 1. The molecule has 0 aliphatic rings. The van der Waals surface area contributed by atoms with Crippen LogP contribution in [0.5, 0.6) is 0 Å². The quantitative estimate of drug-likeness (QED) is 0.288. The number of esters is 1. The molecule has 2 N–H and O–H groups in total. The number of ether oxygens (including phenoxy) is 1. The molecule has 0 heterocycles. The average molecular weight is 132 g/mol. The van der Waals surface area contributed by atoms with Crippen molar-refractivity contribution in [1.82, 2.24) is 0 Å². The molecule has 0 aromatic heterocycles. The molecule has 0 atom stereocenters. The lowest BCUT2D eigenvalue weighted by Crippen LogP contribution is -2.17. The zero-order chi connectivity index (χ0) is 7.44. The molecular weight excluding hydrogens is 124 g/mol. The van der Waals surface area contributed by atoms with Gasteiger partial charge in [0.15, 0.2) is 6.29 Å². The van der Waals surface area contributed by atoms with E-state index in [2.05, 4.69) is 11.3 Å². The Bertz CT molecular complexity index is 127. The van der Waals surface area contributed by atoms with Crippen molar-refractivity contribution in [2.75, 3.05) is 7.11 Å². The highest BCUT2D eigenvalue weighted by Gasteiger charge is 2.12. The van der Waals surface area contributed by atoms with Gasteiger partial charge in [0.2, 0.25) is 0 Å². The van der Waals surface area contributed by atoms with Crippen LogP contribution in [0.4, 0.5) is 0 Å². The highest BCUT2D eigenvalue weighted by Crippen LogP contribution is 1.96. The van der Waals surface area contributed by atoms with Crippen LogP contribution in [0.15, 0.2) is 12.2 Å². The van der Waals surface area contributed by atoms with Crippen molar-refractivity contribution < 1.29 is 19.7 Å². The summed E-state index contributed by atoms with van der Waals surface area (Å²) in [5.41, 5.74) is -0.363. The summed E-state index contributed by atoms with van der Waals surface area (Å²) in [5.74, 6) is -0.815. The molecule has 0 fully saturated rings. The Morgan fingerprint density at radius 1 is 1.67 bits per heavy atom. The summed E-state index contributed by atoms with van der Waals surface area (Å²) in [6.45, 7) is 3.05. The fraction of sp³-hybridized carbons (Fsp3) is 0.400. The molecule has 4 nitrogen and oxygen atoms in total. The molecule has 0 unspecified atom stereocenters. The highest BCUT2D eigenvalue weighted by atomic mass is 16.5. The SMILES string of the molecule is C=C(C(=O)OC)C(O)O. The predicted molar refractivity (Wildman–Crippen MR) is 29.4 cm³/mol. The van der Waals surface area contributed by atoms with E-state index in [0.717, 1.165) is 7.11 Å². The van der Waals surface area contributed by atoms with Gasteiger partial charge in [-0.3, -0.25) is 0 Å². The minimum absolute atomic E-state index is 0.363. The lowest BCUT2D eigenvalue weighted by atomic mass is 10.3. The van der Waals surface area contributed by atoms with Crippen molar-refractivity contribution in [2.24, 2.45) is 0 Å². The van der Waals surface area contributed by atoms with Crippen LogP contribution in [0.25, 0.3) is 0 Å². The maximum Gasteiger partial charge on any atom is 0.338 e. The molecule has 0 aromatic carbocycles. The van der Waals surface area contributed by atoms with Crippen LogP contribution in [0.2, 0.25) is 0 Å². The molecule has 0 rings (SSSR count). The van der Waals surface area contributed by atoms with Gasteiger partial charge in [0.1, 0.15) is 0 Å². The molecule has 4 heteroatoms. The number of hydrogen-bond donors (Lipinski definition) is 2. The third-order valence-electron chi connectivity index (χ3n) is 0.759. The van der Waals surface area contributed by atoms with E-state index in [-0.39, 0.29) is 5.57 Å². The minimum Gasteiger partial charge on any atom is -0.466 e. The largest absolute Gasteiger partial charge is 0.466 e. The molecule has 0 spiro atoms. The second kappa shape index (κ2) is 3.21. The number of hydrogen-bond acceptors (Lipinski definition) is 4. The number of rotatable bonds is 2. The summed E-state index contributed by atoms with van der Waals surface area (Å²) >= 11 is 0. The summed E-state index contributed by atoms with van der Waals surface area (Å²) < 4.78 is 4.11. The Labute approximate surface area is 52.4 Å². The summed E-state index contributed by atoms with van der Waals surface area (Å²) in [5, 5.41) is 16.6. The lowest BCUT2D eigenvalue weighted by molar-refractivity contribution is -0.139. The predicted octanol–water partition coefficient (Wildman–Crippen LogP) is -0.974. The topological polar surface area (TPSA) is 66.8 Å². The van der Waals surface area contributed by atoms with Crippen LogP contribution < -0.4 is 0 Å². The van der Waals surface area contributed by atoms with Gasteiger partial charge >= 0.3 is 5.97 Å². The van der Waals surface area contributed by atoms with Crippen molar-refractivity contribution in [3.8, 4) is 0 Å². The molecule has 0 saturated heterocycles. The summed E-state index contributed by atoms with van der Waals surface area (Å²) in [6.07, 6.45) is -1.82. The molecule has 0 bridgehead atoms. The van der Waals surface area contributed by atoms with E-state index >= 15 is 0 Å². The van der Waals surface area contributed by atoms with Gasteiger partial charge in [-0.1, -0.05) is 6.58 Å². The molecule has 0 aliphatic carbocycles. The van der Waals surface area contributed by atoms with Crippen LogP contribution in [0, 0.1) is 0 Å². The molecule has 0 amide bonds. The van der Waals surface area contributed by atoms with E-state index in [0.29, 0.717) is 0 Å². The van der Waals surface area contributed by atoms with E-state index < -0.39 is 12.3 Å². The first-order valence-corrected chi connectivity index (χ1v) is 2.23. The van der Waals surface area contributed by atoms with Crippen molar-refractivity contribution in [1.29, 1.82) is 0 Å². The van der Waals surface area contributed by atoms with Crippen LogP contribution in [-0.2, 0) is 9.53 Å². The Morgan fingerprint density at radius 3 is 2.22 bits per heavy atom. The van der Waals surface area contributed by atoms with Gasteiger partial charge in [0.05, 0.1) is 12.7 Å². The molecular formula is C5H8O4. The number of methoxy groups -OCH3 is 1. The molecule has 9 heavy (non-hydrogen) atoms. The number of carbonyl (C=O) groups excluding carboxylic acids is 1. The van der Waals surface area contributed by atoms with Crippen LogP contribution >= 0.6 is 0 Å². The van der Waals surface area contributed by atoms with Crippen molar-refractivity contribution in [3.05, 3.63) is 12.2 Å². The molecule has 0 aliphatic heterocycles. The third-order valence-corrected chi connectivity index (χ3v) is 0.759. The second-order valence-electron chi connectivity index (χ2n) is 1.39. The highest BCUT2D eigenvalue weighted by molar-refractivity contribution is 5.88. The Kier molecular flexibility index (Phi) is 2.90. The van der Waals surface area contributed by atoms with Crippen LogP contribution in [-0.4, -0.2) is 29.6 Å². The van der Waals surface area contributed by atoms with Gasteiger partial charge in [-0.2, -0.15) is 0 Å². The third kappa shape index (κ3) is 2.25. The maximum absolute atomic E-state index is 10.3. The lowest BCUT2D eigenvalue weighted by Gasteiger charge is -2.02. The fourth-order valence-electron chi connectivity index (χ4n) is 0.237. The van der Waals surface area contributed by atoms with Crippen molar-refractivity contribution in [2.45, 2.75) is 6.29 Å². The Balaban J connectivity index is 3.89. The molecule has 52 valence electrons. The van der Waals surface area contributed by atoms with Gasteiger partial charge in [0.25, 0.3) is 0 Å². The zero-order valence-corrected chi connectivity index (χ0v) is 5.00. The van der Waals surface area contributed by atoms with Crippen LogP contribution in [0.1, 0.15) is 0 Å². The fourth-order valence-corrected chi connectivity index (χ4v) is 0.237. The maximum atomic E-state index is 10.3. The zero-order valence-electron chi connectivity index (χ0n) is 5.00. The minimum atomic E-state index is -1.82. The van der Waals surface area contributed by atoms with E-state index in [1.807, 2.05) is 0 Å². The first-order valence-electron chi connectivity index (χ1n) is 2.23. The Hall–Kier alpha value is -0.870. The summed E-state index contributed by atoms with van der Waals surface area (Å²) in [4.78, 5) is 10.3. The molecule has 0 aromatic rings. The number of aliphatic hydroxyl groups is 2. The van der Waals surface area contributed by atoms with E-state index in [9.17, 15) is 4.79 Å². The van der Waals surface area contributed by atoms with Gasteiger partial charge in [-0.05, 0) is 0 Å². The van der Waals surface area contributed by atoms with Gasteiger partial charge in [-0.25, -0.2) is 4.79 Å². The van der Waals surface area contributed by atoms with Gasteiger partial charge in [-0.15, -0.1) is 0 Å². The van der Waals surface area contributed by atoms with Gasteiger partial charge in [0, 0.05) is 0 Å². The average Bonchev–Trinajstić information content (AvgIpc) is 1.84. The summed E-state index contributed by atoms with van der Waals surface area (Å²) in [6, 6.07) is 0. The molecule has 0 radical (unpaired) electrons. The monoisotopic (exact) mass is 132 g/mol. The first kappa shape index (κ1) is 8.13. The van der Waals surface area contributed by atoms with Crippen molar-refractivity contribution >= 4 is 5.97 Å². The smallest absolute Gasteiger partial charge is 0.338 e. The first-order chi connectivity index (χ1) is 4.09. The van der Waals surface area contributed by atoms with Gasteiger partial charge < -0.3 is 14.9 Å². The Morgan fingerprint density at radius 2 is 2.11 bits per heavy atom. The van der Waals surface area contributed by atoms with E-state index in [1.54, 1.807) is 0 Å². The number of carbonyl (C=O) groups is 1. The second-order valence-corrected chi connectivity index (χ2v) is 1.39. The van der Waals surface area contributed by atoms with Crippen LogP contribution in [0.3, 0.4) is 0 Å². The van der Waals surface area contributed by atoms with Crippen molar-refractivity contribution in [3.63, 3.8) is 0 Å². The van der Waals surface area contributed by atoms with E-state index in [1.165, 1.54) is 0 Å². The standard InChI is InChI=1S/C5H8O4/c1-3(4(6)7)5(8)9-2/h4,6-7H,1H2,2H3. The normalized spacial score (nSPS) is 9.33. The molecule has 0 saturated carbocycles. The summed E-state index contributed by atoms with van der Waals surface area (Å²) in [7, 11) is 1.13.